The number of allylic oxidation sites excluding steroid dienone is 8. The van der Waals surface area contributed by atoms with E-state index in [1.165, 1.54) is 0 Å². The Labute approximate surface area is 178 Å². The average molecular weight is 435 g/mol. The van der Waals surface area contributed by atoms with Crippen molar-refractivity contribution in [1.29, 1.82) is 0 Å². The Bertz CT molecular complexity index is 735. The molecule has 4 N–H and O–H groups in total. The van der Waals surface area contributed by atoms with Crippen LogP contribution in [0.3, 0.4) is 0 Å². The van der Waals surface area contributed by atoms with Crippen LogP contribution in [0.15, 0.2) is 72.4 Å². The van der Waals surface area contributed by atoms with E-state index < -0.39 is 11.4 Å². The Kier molecular flexibility index (Phi) is 11.0. The third-order valence-corrected chi connectivity index (χ3v) is 4.40. The molecule has 0 saturated carbocycles. The van der Waals surface area contributed by atoms with E-state index in [-0.39, 0.29) is 51.0 Å². The summed E-state index contributed by atoms with van der Waals surface area (Å²) in [5, 5.41) is 11.3. The summed E-state index contributed by atoms with van der Waals surface area (Å²) in [6.45, 7) is 0.485. The lowest BCUT2D eigenvalue weighted by Crippen LogP contribution is -2.30. The summed E-state index contributed by atoms with van der Waals surface area (Å²) in [5.41, 5.74) is 1.54. The zero-order valence-electron chi connectivity index (χ0n) is 16.5. The van der Waals surface area contributed by atoms with E-state index in [4.69, 9.17) is 8.37 Å². The second-order valence-electron chi connectivity index (χ2n) is 6.06. The monoisotopic (exact) mass is 434 g/mol. The summed E-state index contributed by atoms with van der Waals surface area (Å²) in [5.74, 6) is -0.362. The smallest absolute Gasteiger partial charge is 0.304 e. The van der Waals surface area contributed by atoms with Gasteiger partial charge in [0.05, 0.1) is 26.1 Å². The van der Waals surface area contributed by atoms with Crippen molar-refractivity contribution in [3.8, 4) is 0 Å². The van der Waals surface area contributed by atoms with Gasteiger partial charge in [0.25, 0.3) is 0 Å². The molecule has 0 saturated heterocycles. The maximum Gasteiger partial charge on any atom is 0.304 e. The van der Waals surface area contributed by atoms with Gasteiger partial charge in [-0.25, -0.2) is 0 Å². The van der Waals surface area contributed by atoms with E-state index in [9.17, 15) is 13.8 Å². The highest BCUT2D eigenvalue weighted by atomic mass is 32.2. The first-order valence-corrected chi connectivity index (χ1v) is 10.4. The Hall–Kier alpha value is -2.95. The third kappa shape index (κ3) is 10.6. The SMILES string of the molecule is O=C(CC1=CC=CC=CN1)NCCOS(=O)OCCNC(=O)CC1=CC=CC=CN1. The van der Waals surface area contributed by atoms with Gasteiger partial charge in [0, 0.05) is 36.9 Å². The van der Waals surface area contributed by atoms with Crippen molar-refractivity contribution in [2.24, 2.45) is 0 Å². The summed E-state index contributed by atoms with van der Waals surface area (Å²) in [4.78, 5) is 23.7. The van der Waals surface area contributed by atoms with Gasteiger partial charge in [0.2, 0.25) is 11.8 Å². The minimum Gasteiger partial charge on any atom is -0.365 e. The van der Waals surface area contributed by atoms with Crippen molar-refractivity contribution >= 4 is 23.2 Å². The Morgan fingerprint density at radius 3 is 1.70 bits per heavy atom. The number of carbonyl (C=O) groups is 2. The van der Waals surface area contributed by atoms with Gasteiger partial charge < -0.3 is 21.3 Å². The molecule has 2 aliphatic rings. The first kappa shape index (κ1) is 23.3. The summed E-state index contributed by atoms with van der Waals surface area (Å²) in [6, 6.07) is 0. The average Bonchev–Trinajstić information content (AvgIpc) is 3.14. The van der Waals surface area contributed by atoms with Gasteiger partial charge in [0.1, 0.15) is 0 Å². The molecule has 10 heteroatoms. The molecule has 0 atom stereocenters. The maximum atomic E-state index is 11.8. The van der Waals surface area contributed by atoms with Crippen LogP contribution in [0.5, 0.6) is 0 Å². The van der Waals surface area contributed by atoms with Gasteiger partial charge in [-0.3, -0.25) is 18.0 Å². The lowest BCUT2D eigenvalue weighted by atomic mass is 10.2. The van der Waals surface area contributed by atoms with E-state index in [0.717, 1.165) is 11.4 Å². The second-order valence-corrected chi connectivity index (χ2v) is 6.94. The van der Waals surface area contributed by atoms with E-state index in [2.05, 4.69) is 21.3 Å². The molecule has 162 valence electrons. The van der Waals surface area contributed by atoms with Crippen molar-refractivity contribution < 1.29 is 22.2 Å². The Morgan fingerprint density at radius 1 is 0.767 bits per heavy atom. The van der Waals surface area contributed by atoms with Crippen LogP contribution in [-0.4, -0.2) is 42.3 Å². The quantitative estimate of drug-likeness (QED) is 0.335. The molecule has 0 aromatic carbocycles. The molecule has 2 aliphatic heterocycles. The zero-order valence-corrected chi connectivity index (χ0v) is 17.3. The van der Waals surface area contributed by atoms with E-state index in [1.54, 1.807) is 12.4 Å². The molecule has 2 rings (SSSR count). The highest BCUT2D eigenvalue weighted by Gasteiger charge is 2.08. The van der Waals surface area contributed by atoms with Crippen LogP contribution in [0.25, 0.3) is 0 Å². The van der Waals surface area contributed by atoms with Gasteiger partial charge in [-0.05, 0) is 24.3 Å². The lowest BCUT2D eigenvalue weighted by Gasteiger charge is -2.09. The number of nitrogens with one attached hydrogen (secondary N) is 4. The maximum absolute atomic E-state index is 11.8. The van der Waals surface area contributed by atoms with Crippen LogP contribution in [0, 0.1) is 0 Å². The number of hydrogen-bond donors (Lipinski definition) is 4. The zero-order chi connectivity index (χ0) is 21.4. The van der Waals surface area contributed by atoms with Crippen molar-refractivity contribution in [2.45, 2.75) is 12.8 Å². The first-order valence-electron chi connectivity index (χ1n) is 9.43. The van der Waals surface area contributed by atoms with Gasteiger partial charge in [0.15, 0.2) is 0 Å². The number of rotatable bonds is 12. The lowest BCUT2D eigenvalue weighted by molar-refractivity contribution is -0.121. The minimum absolute atomic E-state index is 0.0395. The van der Waals surface area contributed by atoms with E-state index >= 15 is 0 Å². The summed E-state index contributed by atoms with van der Waals surface area (Å²) < 4.78 is 21.6. The molecule has 0 spiro atoms. The van der Waals surface area contributed by atoms with Gasteiger partial charge in [-0.2, -0.15) is 4.21 Å². The van der Waals surface area contributed by atoms with Crippen LogP contribution in [0.4, 0.5) is 0 Å². The van der Waals surface area contributed by atoms with Crippen LogP contribution >= 0.6 is 0 Å². The third-order valence-electron chi connectivity index (χ3n) is 3.68. The molecule has 0 aromatic heterocycles. The van der Waals surface area contributed by atoms with Crippen LogP contribution in [-0.2, 0) is 29.3 Å². The highest BCUT2D eigenvalue weighted by molar-refractivity contribution is 7.75. The molecule has 0 aliphatic carbocycles. The number of hydrogen-bond acceptors (Lipinski definition) is 7. The van der Waals surface area contributed by atoms with Crippen LogP contribution < -0.4 is 21.3 Å². The topological polar surface area (TPSA) is 118 Å². The molecule has 2 amide bonds. The van der Waals surface area contributed by atoms with E-state index in [1.807, 2.05) is 48.6 Å². The largest absolute Gasteiger partial charge is 0.365 e. The van der Waals surface area contributed by atoms with Crippen molar-refractivity contribution in [1.82, 2.24) is 21.3 Å². The number of carbonyl (C=O) groups excluding carboxylic acids is 2. The minimum atomic E-state index is -1.95. The van der Waals surface area contributed by atoms with Gasteiger partial charge >= 0.3 is 11.4 Å². The fourth-order valence-corrected chi connectivity index (χ4v) is 2.82. The fraction of sp³-hybridized carbons (Fsp3) is 0.300. The van der Waals surface area contributed by atoms with Crippen molar-refractivity contribution in [2.75, 3.05) is 26.3 Å². The predicted octanol–water partition coefficient (Wildman–Crippen LogP) is 0.725. The summed E-state index contributed by atoms with van der Waals surface area (Å²) >= 11 is -1.95. The molecule has 30 heavy (non-hydrogen) atoms. The van der Waals surface area contributed by atoms with Crippen molar-refractivity contribution in [3.63, 3.8) is 0 Å². The Balaban J connectivity index is 1.48. The van der Waals surface area contributed by atoms with Crippen LogP contribution in [0.2, 0.25) is 0 Å². The van der Waals surface area contributed by atoms with E-state index in [0.29, 0.717) is 0 Å². The predicted molar refractivity (Wildman–Crippen MR) is 114 cm³/mol. The standard InChI is InChI=1S/C20H26N4O5S/c25-19(15-17-7-3-1-5-9-21-17)23-11-13-28-30(27)29-14-12-24-20(26)16-18-8-4-2-6-10-22-18/h1-10,21-22H,11-16H2,(H,23,25)(H,24,26). The molecular weight excluding hydrogens is 408 g/mol. The molecule has 0 aromatic rings. The second kappa shape index (κ2) is 14.1. The van der Waals surface area contributed by atoms with Crippen LogP contribution in [0.1, 0.15) is 12.8 Å². The van der Waals surface area contributed by atoms with Gasteiger partial charge in [-0.1, -0.05) is 24.3 Å². The van der Waals surface area contributed by atoms with Crippen molar-refractivity contribution in [3.05, 3.63) is 72.4 Å². The number of amides is 2. The van der Waals surface area contributed by atoms with Gasteiger partial charge in [-0.15, -0.1) is 0 Å². The summed E-state index contributed by atoms with van der Waals surface area (Å²) in [7, 11) is 0. The molecule has 0 unspecified atom stereocenters. The molecule has 2 heterocycles. The summed E-state index contributed by atoms with van der Waals surface area (Å²) in [6.07, 6.45) is 18.6. The normalized spacial score (nSPS) is 14.8. The fourth-order valence-electron chi connectivity index (χ4n) is 2.31. The Morgan fingerprint density at radius 2 is 1.23 bits per heavy atom. The molecular formula is C20H26N4O5S. The molecule has 0 radical (unpaired) electrons. The highest BCUT2D eigenvalue weighted by Crippen LogP contribution is 2.02. The first-order chi connectivity index (χ1) is 14.6. The molecule has 0 bridgehead atoms. The molecule has 0 fully saturated rings. The molecule has 9 nitrogen and oxygen atoms in total.